The highest BCUT2D eigenvalue weighted by molar-refractivity contribution is 5.83. The first-order valence-corrected chi connectivity index (χ1v) is 8.90. The molecule has 2 atom stereocenters. The van der Waals surface area contributed by atoms with Crippen molar-refractivity contribution >= 4 is 5.91 Å². The topological polar surface area (TPSA) is 61.0 Å². The maximum absolute atomic E-state index is 12.9. The third kappa shape index (κ3) is 3.36. The molecule has 2 heterocycles. The van der Waals surface area contributed by atoms with Crippen LogP contribution in [0.15, 0.2) is 42.6 Å². The van der Waals surface area contributed by atoms with Gasteiger partial charge < -0.3 is 5.32 Å². The summed E-state index contributed by atoms with van der Waals surface area (Å²) in [6, 6.07) is 12.4. The zero-order valence-corrected chi connectivity index (χ0v) is 13.8. The first-order chi connectivity index (χ1) is 11.8. The van der Waals surface area contributed by atoms with Crippen molar-refractivity contribution in [3.63, 3.8) is 0 Å². The van der Waals surface area contributed by atoms with Crippen LogP contribution in [0.4, 0.5) is 0 Å². The van der Waals surface area contributed by atoms with E-state index in [0.29, 0.717) is 12.0 Å². The molecule has 1 aromatic heterocycles. The summed E-state index contributed by atoms with van der Waals surface area (Å²) in [6.07, 6.45) is 6.28. The van der Waals surface area contributed by atoms with Gasteiger partial charge in [-0.25, -0.2) is 0 Å². The molecule has 5 heteroatoms. The molecule has 4 rings (SSSR count). The molecule has 2 N–H and O–H groups in total. The molecule has 126 valence electrons. The van der Waals surface area contributed by atoms with Gasteiger partial charge in [0.1, 0.15) is 6.04 Å². The minimum absolute atomic E-state index is 0.147. The first-order valence-electron chi connectivity index (χ1n) is 8.90. The van der Waals surface area contributed by atoms with Crippen LogP contribution in [0.5, 0.6) is 0 Å². The third-order valence-electron chi connectivity index (χ3n) is 5.07. The number of likely N-dealkylation sites (tertiary alicyclic amines) is 1. The van der Waals surface area contributed by atoms with E-state index in [9.17, 15) is 4.79 Å². The quantitative estimate of drug-likeness (QED) is 0.889. The van der Waals surface area contributed by atoms with E-state index in [4.69, 9.17) is 0 Å². The lowest BCUT2D eigenvalue weighted by atomic mass is 9.92. The van der Waals surface area contributed by atoms with Crippen molar-refractivity contribution in [3.05, 3.63) is 53.9 Å². The van der Waals surface area contributed by atoms with Gasteiger partial charge in [0, 0.05) is 30.4 Å². The van der Waals surface area contributed by atoms with Crippen LogP contribution in [-0.4, -0.2) is 40.1 Å². The second kappa shape index (κ2) is 6.77. The van der Waals surface area contributed by atoms with Gasteiger partial charge in [-0.05, 0) is 43.9 Å². The van der Waals surface area contributed by atoms with Crippen molar-refractivity contribution < 1.29 is 4.79 Å². The van der Waals surface area contributed by atoms with Crippen LogP contribution in [-0.2, 0) is 4.79 Å². The Balaban J connectivity index is 1.56. The Hall–Kier alpha value is -2.14. The van der Waals surface area contributed by atoms with Gasteiger partial charge in [0.25, 0.3) is 0 Å². The van der Waals surface area contributed by atoms with Crippen LogP contribution in [0.3, 0.4) is 0 Å². The highest BCUT2D eigenvalue weighted by Gasteiger charge is 2.35. The summed E-state index contributed by atoms with van der Waals surface area (Å²) in [6.45, 7) is 1.85. The van der Waals surface area contributed by atoms with Crippen molar-refractivity contribution in [1.82, 2.24) is 20.4 Å². The molecule has 1 aromatic carbocycles. The van der Waals surface area contributed by atoms with Crippen molar-refractivity contribution in [2.45, 2.75) is 43.7 Å². The van der Waals surface area contributed by atoms with E-state index < -0.39 is 0 Å². The third-order valence-corrected chi connectivity index (χ3v) is 5.07. The minimum atomic E-state index is -0.197. The fourth-order valence-electron chi connectivity index (χ4n) is 3.66. The molecule has 0 radical (unpaired) electrons. The molecule has 2 aromatic rings. The zero-order valence-electron chi connectivity index (χ0n) is 13.8. The first kappa shape index (κ1) is 15.4. The summed E-state index contributed by atoms with van der Waals surface area (Å²) < 4.78 is 0. The number of carbonyl (C=O) groups excluding carboxylic acids is 1. The van der Waals surface area contributed by atoms with Gasteiger partial charge in [0.2, 0.25) is 5.91 Å². The lowest BCUT2D eigenvalue weighted by Gasteiger charge is -2.37. The molecular weight excluding hydrogens is 300 g/mol. The maximum atomic E-state index is 12.9. The molecule has 1 amide bonds. The maximum Gasteiger partial charge on any atom is 0.242 e. The van der Waals surface area contributed by atoms with Crippen LogP contribution in [0.25, 0.3) is 0 Å². The summed E-state index contributed by atoms with van der Waals surface area (Å²) in [5.74, 6) is 0.565. The highest BCUT2D eigenvalue weighted by atomic mass is 16.2. The SMILES string of the molecule is O=C(NC1CC1)[C@@H](c1ccccc1)N1CCC[C@@H](c2ccn[nH]2)C1. The number of hydrogen-bond acceptors (Lipinski definition) is 3. The molecular formula is C19H24N4O. The Morgan fingerprint density at radius 3 is 2.75 bits per heavy atom. The molecule has 1 saturated carbocycles. The van der Waals surface area contributed by atoms with Crippen LogP contribution in [0.2, 0.25) is 0 Å². The van der Waals surface area contributed by atoms with Crippen molar-refractivity contribution in [2.24, 2.45) is 0 Å². The number of benzene rings is 1. The summed E-state index contributed by atoms with van der Waals surface area (Å²) in [5, 5.41) is 10.4. The highest BCUT2D eigenvalue weighted by Crippen LogP contribution is 2.32. The molecule has 1 saturated heterocycles. The largest absolute Gasteiger partial charge is 0.352 e. The number of nitrogens with zero attached hydrogens (tertiary/aromatic N) is 2. The molecule has 1 aliphatic heterocycles. The van der Waals surface area contributed by atoms with Gasteiger partial charge >= 0.3 is 0 Å². The Morgan fingerprint density at radius 1 is 1.21 bits per heavy atom. The van der Waals surface area contributed by atoms with Gasteiger partial charge in [-0.2, -0.15) is 5.10 Å². The van der Waals surface area contributed by atoms with E-state index in [1.807, 2.05) is 24.4 Å². The van der Waals surface area contributed by atoms with E-state index >= 15 is 0 Å². The summed E-state index contributed by atoms with van der Waals surface area (Å²) >= 11 is 0. The molecule has 0 spiro atoms. The van der Waals surface area contributed by atoms with Crippen molar-refractivity contribution in [1.29, 1.82) is 0 Å². The summed E-state index contributed by atoms with van der Waals surface area (Å²) in [7, 11) is 0. The molecule has 2 fully saturated rings. The predicted octanol–water partition coefficient (Wildman–Crippen LogP) is 2.61. The smallest absolute Gasteiger partial charge is 0.242 e. The molecule has 2 aliphatic rings. The second-order valence-corrected chi connectivity index (χ2v) is 6.94. The van der Waals surface area contributed by atoms with E-state index in [2.05, 4.69) is 38.6 Å². The normalized spacial score (nSPS) is 22.9. The molecule has 24 heavy (non-hydrogen) atoms. The zero-order chi connectivity index (χ0) is 16.4. The fraction of sp³-hybridized carbons (Fsp3) is 0.474. The lowest BCUT2D eigenvalue weighted by molar-refractivity contribution is -0.127. The van der Waals surface area contributed by atoms with Crippen molar-refractivity contribution in [3.8, 4) is 0 Å². The van der Waals surface area contributed by atoms with E-state index in [1.54, 1.807) is 0 Å². The second-order valence-electron chi connectivity index (χ2n) is 6.94. The van der Waals surface area contributed by atoms with E-state index in [-0.39, 0.29) is 11.9 Å². The Kier molecular flexibility index (Phi) is 4.34. The number of aromatic nitrogens is 2. The number of aromatic amines is 1. The van der Waals surface area contributed by atoms with Crippen LogP contribution >= 0.6 is 0 Å². The molecule has 0 unspecified atom stereocenters. The number of H-pyrrole nitrogens is 1. The standard InChI is InChI=1S/C19H24N4O/c24-19(21-16-8-9-16)18(14-5-2-1-3-6-14)23-12-4-7-15(13-23)17-10-11-20-22-17/h1-3,5-6,10-11,15-16,18H,4,7-9,12-13H2,(H,20,22)(H,21,24)/t15-,18-/m1/s1. The average Bonchev–Trinajstić information content (AvgIpc) is 3.25. The molecule has 1 aliphatic carbocycles. The average molecular weight is 324 g/mol. The van der Waals surface area contributed by atoms with E-state index in [0.717, 1.165) is 44.3 Å². The lowest BCUT2D eigenvalue weighted by Crippen LogP contribution is -2.45. The fourth-order valence-corrected chi connectivity index (χ4v) is 3.66. The summed E-state index contributed by atoms with van der Waals surface area (Å²) in [5.41, 5.74) is 2.26. The number of nitrogens with one attached hydrogen (secondary N) is 2. The number of amides is 1. The Bertz CT molecular complexity index is 666. The predicted molar refractivity (Wildman–Crippen MR) is 92.5 cm³/mol. The van der Waals surface area contributed by atoms with Gasteiger partial charge in [0.05, 0.1) is 0 Å². The Morgan fingerprint density at radius 2 is 2.04 bits per heavy atom. The number of rotatable bonds is 5. The van der Waals surface area contributed by atoms with Crippen LogP contribution in [0, 0.1) is 0 Å². The molecule has 5 nitrogen and oxygen atoms in total. The van der Waals surface area contributed by atoms with Crippen LogP contribution < -0.4 is 5.32 Å². The minimum Gasteiger partial charge on any atom is -0.352 e. The van der Waals surface area contributed by atoms with Crippen molar-refractivity contribution in [2.75, 3.05) is 13.1 Å². The monoisotopic (exact) mass is 324 g/mol. The van der Waals surface area contributed by atoms with Gasteiger partial charge in [-0.15, -0.1) is 0 Å². The number of carbonyl (C=O) groups is 1. The Labute approximate surface area is 142 Å². The number of piperidine rings is 1. The van der Waals surface area contributed by atoms with Gasteiger partial charge in [0.15, 0.2) is 0 Å². The number of hydrogen-bond donors (Lipinski definition) is 2. The van der Waals surface area contributed by atoms with Gasteiger partial charge in [-0.1, -0.05) is 30.3 Å². The molecule has 0 bridgehead atoms. The van der Waals surface area contributed by atoms with E-state index in [1.165, 1.54) is 5.69 Å². The van der Waals surface area contributed by atoms with Crippen LogP contribution in [0.1, 0.15) is 48.9 Å². The summed E-state index contributed by atoms with van der Waals surface area (Å²) in [4.78, 5) is 15.2. The van der Waals surface area contributed by atoms with Gasteiger partial charge in [-0.3, -0.25) is 14.8 Å².